The molecule has 110 valence electrons. The Morgan fingerprint density at radius 2 is 2.10 bits per heavy atom. The number of nitrogens with zero attached hydrogens (tertiary/aromatic N) is 4. The van der Waals surface area contributed by atoms with Gasteiger partial charge in [-0.3, -0.25) is 0 Å². The number of benzene rings is 1. The van der Waals surface area contributed by atoms with Crippen molar-refractivity contribution in [1.29, 1.82) is 0 Å². The van der Waals surface area contributed by atoms with Crippen LogP contribution in [0.4, 0.5) is 11.9 Å². The summed E-state index contributed by atoms with van der Waals surface area (Å²) in [5, 5.41) is 3.33. The molecule has 0 amide bonds. The van der Waals surface area contributed by atoms with E-state index in [0.717, 1.165) is 12.2 Å². The third-order valence-corrected chi connectivity index (χ3v) is 3.37. The highest BCUT2D eigenvalue weighted by Crippen LogP contribution is 2.28. The minimum Gasteiger partial charge on any atom is -0.488 e. The Labute approximate surface area is 128 Å². The number of halogens is 1. The minimum atomic E-state index is 0.0701. The summed E-state index contributed by atoms with van der Waals surface area (Å²) in [6, 6.07) is 8.06. The van der Waals surface area contributed by atoms with Crippen molar-refractivity contribution in [3.05, 3.63) is 35.1 Å². The van der Waals surface area contributed by atoms with Crippen LogP contribution in [0.25, 0.3) is 0 Å². The van der Waals surface area contributed by atoms with Crippen LogP contribution in [-0.2, 0) is 6.42 Å². The monoisotopic (exact) mass is 305 g/mol. The minimum absolute atomic E-state index is 0.0701. The number of anilines is 2. The lowest BCUT2D eigenvalue weighted by atomic mass is 10.1. The molecule has 1 aliphatic heterocycles. The average molecular weight is 306 g/mol. The fraction of sp³-hybridized carbons (Fsp3) is 0.357. The smallest absolute Gasteiger partial charge is 0.230 e. The molecule has 0 saturated heterocycles. The first kappa shape index (κ1) is 13.9. The summed E-state index contributed by atoms with van der Waals surface area (Å²) >= 11 is 5.90. The van der Waals surface area contributed by atoms with Gasteiger partial charge in [0.2, 0.25) is 17.2 Å². The van der Waals surface area contributed by atoms with E-state index < -0.39 is 0 Å². The van der Waals surface area contributed by atoms with E-state index in [1.807, 2.05) is 32.3 Å². The maximum atomic E-state index is 5.90. The van der Waals surface area contributed by atoms with Crippen molar-refractivity contribution in [3.63, 3.8) is 0 Å². The van der Waals surface area contributed by atoms with Crippen LogP contribution in [0.3, 0.4) is 0 Å². The van der Waals surface area contributed by atoms with Gasteiger partial charge in [0.15, 0.2) is 0 Å². The molecule has 1 unspecified atom stereocenters. The number of hydrogen-bond acceptors (Lipinski definition) is 6. The number of ether oxygens (including phenoxy) is 1. The molecule has 7 heteroatoms. The van der Waals surface area contributed by atoms with Crippen LogP contribution in [0.2, 0.25) is 5.28 Å². The van der Waals surface area contributed by atoms with Gasteiger partial charge in [0, 0.05) is 20.5 Å². The highest BCUT2D eigenvalue weighted by atomic mass is 35.5. The molecule has 0 fully saturated rings. The molecule has 21 heavy (non-hydrogen) atoms. The Balaban J connectivity index is 1.64. The zero-order valence-electron chi connectivity index (χ0n) is 11.9. The van der Waals surface area contributed by atoms with Crippen molar-refractivity contribution in [2.75, 3.05) is 30.9 Å². The standard InChI is InChI=1S/C14H16ClN5O/c1-20(2)14-18-12(15)17-13(19-14)16-8-10-7-9-5-3-4-6-11(9)21-10/h3-6,10H,7-8H2,1-2H3,(H,16,17,18,19). The number of nitrogens with one attached hydrogen (secondary N) is 1. The molecule has 3 rings (SSSR count). The van der Waals surface area contributed by atoms with E-state index in [4.69, 9.17) is 16.3 Å². The van der Waals surface area contributed by atoms with Gasteiger partial charge in [-0.1, -0.05) is 18.2 Å². The molecule has 6 nitrogen and oxygen atoms in total. The molecule has 1 aromatic heterocycles. The van der Waals surface area contributed by atoms with E-state index >= 15 is 0 Å². The van der Waals surface area contributed by atoms with Gasteiger partial charge in [-0.25, -0.2) is 0 Å². The van der Waals surface area contributed by atoms with Gasteiger partial charge >= 0.3 is 0 Å². The van der Waals surface area contributed by atoms with E-state index in [1.54, 1.807) is 4.90 Å². The van der Waals surface area contributed by atoms with Crippen LogP contribution in [0.15, 0.2) is 24.3 Å². The molecule has 0 bridgehead atoms. The van der Waals surface area contributed by atoms with Crippen molar-refractivity contribution < 1.29 is 4.74 Å². The zero-order chi connectivity index (χ0) is 14.8. The lowest BCUT2D eigenvalue weighted by molar-refractivity contribution is 0.246. The first-order valence-electron chi connectivity index (χ1n) is 6.69. The third-order valence-electron chi connectivity index (χ3n) is 3.20. The van der Waals surface area contributed by atoms with Crippen molar-refractivity contribution in [3.8, 4) is 5.75 Å². The molecule has 2 heterocycles. The molecule has 0 saturated carbocycles. The Bertz CT molecular complexity index is 624. The van der Waals surface area contributed by atoms with Gasteiger partial charge in [-0.05, 0) is 23.2 Å². The first-order chi connectivity index (χ1) is 10.1. The van der Waals surface area contributed by atoms with Gasteiger partial charge in [-0.15, -0.1) is 0 Å². The predicted molar refractivity (Wildman–Crippen MR) is 82.2 cm³/mol. The number of para-hydroxylation sites is 1. The summed E-state index contributed by atoms with van der Waals surface area (Å²) in [5.74, 6) is 1.93. The first-order valence-corrected chi connectivity index (χ1v) is 7.07. The van der Waals surface area contributed by atoms with Gasteiger partial charge in [0.1, 0.15) is 11.9 Å². The second kappa shape index (κ2) is 5.73. The third kappa shape index (κ3) is 3.16. The molecule has 0 spiro atoms. The Kier molecular flexibility index (Phi) is 3.79. The second-order valence-electron chi connectivity index (χ2n) is 5.06. The topological polar surface area (TPSA) is 63.2 Å². The molecule has 1 N–H and O–H groups in total. The maximum absolute atomic E-state index is 5.90. The largest absolute Gasteiger partial charge is 0.488 e. The molecular formula is C14H16ClN5O. The van der Waals surface area contributed by atoms with Crippen LogP contribution in [-0.4, -0.2) is 41.7 Å². The molecule has 0 aliphatic carbocycles. The van der Waals surface area contributed by atoms with E-state index in [2.05, 4.69) is 26.3 Å². The summed E-state index contributed by atoms with van der Waals surface area (Å²) in [6.07, 6.45) is 0.948. The number of aromatic nitrogens is 3. The highest BCUT2D eigenvalue weighted by molar-refractivity contribution is 6.28. The normalized spacial score (nSPS) is 16.2. The van der Waals surface area contributed by atoms with Gasteiger partial charge < -0.3 is 15.0 Å². The van der Waals surface area contributed by atoms with Crippen LogP contribution >= 0.6 is 11.6 Å². The molecule has 1 aliphatic rings. The molecule has 2 aromatic rings. The summed E-state index contributed by atoms with van der Waals surface area (Å²) in [4.78, 5) is 14.2. The number of rotatable bonds is 4. The summed E-state index contributed by atoms with van der Waals surface area (Å²) < 4.78 is 5.86. The van der Waals surface area contributed by atoms with Gasteiger partial charge in [0.05, 0.1) is 6.54 Å². The number of fused-ring (bicyclic) bond motifs is 1. The molecule has 0 radical (unpaired) electrons. The maximum Gasteiger partial charge on any atom is 0.230 e. The molecular weight excluding hydrogens is 290 g/mol. The van der Waals surface area contributed by atoms with Crippen LogP contribution in [0.1, 0.15) is 5.56 Å². The van der Waals surface area contributed by atoms with Crippen LogP contribution in [0, 0.1) is 0 Å². The zero-order valence-corrected chi connectivity index (χ0v) is 12.6. The molecule has 1 aromatic carbocycles. The fourth-order valence-electron chi connectivity index (χ4n) is 2.19. The molecule has 1 atom stereocenters. The summed E-state index contributed by atoms with van der Waals surface area (Å²) in [5.41, 5.74) is 1.23. The van der Waals surface area contributed by atoms with Crippen molar-refractivity contribution in [1.82, 2.24) is 15.0 Å². The van der Waals surface area contributed by atoms with E-state index in [-0.39, 0.29) is 11.4 Å². The van der Waals surface area contributed by atoms with Crippen LogP contribution in [0.5, 0.6) is 5.75 Å². The fourth-order valence-corrected chi connectivity index (χ4v) is 2.35. The van der Waals surface area contributed by atoms with Gasteiger partial charge in [-0.2, -0.15) is 15.0 Å². The Hall–Kier alpha value is -2.08. The SMILES string of the molecule is CN(C)c1nc(Cl)nc(NCC2Cc3ccccc3O2)n1. The quantitative estimate of drug-likeness (QED) is 0.932. The number of hydrogen-bond donors (Lipinski definition) is 1. The highest BCUT2D eigenvalue weighted by Gasteiger charge is 2.22. The van der Waals surface area contributed by atoms with Crippen molar-refractivity contribution >= 4 is 23.5 Å². The Morgan fingerprint density at radius 3 is 2.86 bits per heavy atom. The van der Waals surface area contributed by atoms with E-state index in [0.29, 0.717) is 18.4 Å². The Morgan fingerprint density at radius 1 is 1.29 bits per heavy atom. The lowest BCUT2D eigenvalue weighted by Gasteiger charge is -2.14. The summed E-state index contributed by atoms with van der Waals surface area (Å²) in [7, 11) is 3.71. The van der Waals surface area contributed by atoms with Crippen molar-refractivity contribution in [2.45, 2.75) is 12.5 Å². The van der Waals surface area contributed by atoms with E-state index in [1.165, 1.54) is 5.56 Å². The van der Waals surface area contributed by atoms with Gasteiger partial charge in [0.25, 0.3) is 0 Å². The summed E-state index contributed by atoms with van der Waals surface area (Å²) in [6.45, 7) is 0.613. The lowest BCUT2D eigenvalue weighted by Crippen LogP contribution is -2.25. The van der Waals surface area contributed by atoms with Crippen LogP contribution < -0.4 is 15.0 Å². The second-order valence-corrected chi connectivity index (χ2v) is 5.39. The average Bonchev–Trinajstić information content (AvgIpc) is 2.87. The van der Waals surface area contributed by atoms with Crippen molar-refractivity contribution in [2.24, 2.45) is 0 Å². The predicted octanol–water partition coefficient (Wildman–Crippen LogP) is 2.01. The van der Waals surface area contributed by atoms with E-state index in [9.17, 15) is 0 Å².